The highest BCUT2D eigenvalue weighted by Crippen LogP contribution is 2.30. The molecular formula is C30H32N4O4. The number of rotatable bonds is 9. The van der Waals surface area contributed by atoms with Gasteiger partial charge in [0.1, 0.15) is 0 Å². The third-order valence-corrected chi connectivity index (χ3v) is 7.12. The van der Waals surface area contributed by atoms with E-state index in [2.05, 4.69) is 33.4 Å². The SMILES string of the molecule is COc1ccc2c(/C=C/C(=O)O)ccc(C(O)CN3CCC(NCc4ccc5ccccc5n4)CC3)c2n1. The summed E-state index contributed by atoms with van der Waals surface area (Å²) in [5, 5.41) is 25.8. The van der Waals surface area contributed by atoms with Crippen molar-refractivity contribution in [1.82, 2.24) is 20.2 Å². The summed E-state index contributed by atoms with van der Waals surface area (Å²) in [6.45, 7) is 3.00. The average molecular weight is 513 g/mol. The standard InChI is InChI=1S/C30H32N4O4/c1-38-28-12-11-24-20(8-13-29(36)37)7-10-25(30(24)33-28)27(35)19-34-16-14-22(15-17-34)31-18-23-9-6-21-4-2-3-5-26(21)32-23/h2-13,22,27,31,35H,14-19H2,1H3,(H,36,37)/b13-8+. The average Bonchev–Trinajstić information content (AvgIpc) is 2.94. The number of aliphatic carboxylic acids is 1. The lowest BCUT2D eigenvalue weighted by Crippen LogP contribution is -2.43. The van der Waals surface area contributed by atoms with Gasteiger partial charge < -0.3 is 25.2 Å². The van der Waals surface area contributed by atoms with Gasteiger partial charge in [0.15, 0.2) is 0 Å². The van der Waals surface area contributed by atoms with E-state index in [4.69, 9.17) is 14.8 Å². The van der Waals surface area contributed by atoms with Gasteiger partial charge in [-0.2, -0.15) is 0 Å². The number of pyridine rings is 2. The molecule has 1 fully saturated rings. The van der Waals surface area contributed by atoms with Crippen LogP contribution < -0.4 is 10.1 Å². The first-order valence-electron chi connectivity index (χ1n) is 12.9. The molecule has 0 saturated carbocycles. The van der Waals surface area contributed by atoms with Crippen molar-refractivity contribution < 1.29 is 19.7 Å². The monoisotopic (exact) mass is 512 g/mol. The zero-order valence-corrected chi connectivity index (χ0v) is 21.4. The summed E-state index contributed by atoms with van der Waals surface area (Å²) in [6, 6.07) is 20.0. The number of piperidine rings is 1. The minimum absolute atomic E-state index is 0.406. The first-order chi connectivity index (χ1) is 18.5. The van der Waals surface area contributed by atoms with Crippen molar-refractivity contribution in [3.8, 4) is 5.88 Å². The highest BCUT2D eigenvalue weighted by Gasteiger charge is 2.23. The maximum atomic E-state index is 11.2. The fraction of sp³-hybridized carbons (Fsp3) is 0.300. The Morgan fingerprint density at radius 3 is 2.71 bits per heavy atom. The molecule has 196 valence electrons. The van der Waals surface area contributed by atoms with Gasteiger partial charge in [-0.15, -0.1) is 0 Å². The Hall–Kier alpha value is -3.85. The van der Waals surface area contributed by atoms with Gasteiger partial charge in [-0.1, -0.05) is 36.4 Å². The summed E-state index contributed by atoms with van der Waals surface area (Å²) >= 11 is 0. The molecule has 2 aromatic heterocycles. The molecule has 3 N–H and O–H groups in total. The number of carboxylic acids is 1. The third-order valence-electron chi connectivity index (χ3n) is 7.12. The van der Waals surface area contributed by atoms with E-state index < -0.39 is 12.1 Å². The molecule has 3 heterocycles. The molecule has 1 atom stereocenters. The summed E-state index contributed by atoms with van der Waals surface area (Å²) in [4.78, 5) is 22.6. The number of aliphatic hydroxyl groups excluding tert-OH is 1. The molecule has 5 rings (SSSR count). The molecule has 8 nitrogen and oxygen atoms in total. The number of ether oxygens (including phenoxy) is 1. The number of fused-ring (bicyclic) bond motifs is 2. The molecular weight excluding hydrogens is 480 g/mol. The van der Waals surface area contributed by atoms with E-state index in [9.17, 15) is 9.90 Å². The van der Waals surface area contributed by atoms with E-state index in [1.54, 1.807) is 19.3 Å². The summed E-state index contributed by atoms with van der Waals surface area (Å²) in [7, 11) is 1.55. The van der Waals surface area contributed by atoms with Crippen LogP contribution in [0.4, 0.5) is 0 Å². The Balaban J connectivity index is 1.21. The van der Waals surface area contributed by atoms with E-state index in [1.807, 2.05) is 36.4 Å². The lowest BCUT2D eigenvalue weighted by Gasteiger charge is -2.33. The molecule has 1 unspecified atom stereocenters. The molecule has 0 bridgehead atoms. The van der Waals surface area contributed by atoms with Crippen LogP contribution in [0.1, 0.15) is 35.8 Å². The van der Waals surface area contributed by atoms with Crippen molar-refractivity contribution >= 4 is 33.9 Å². The molecule has 0 amide bonds. The van der Waals surface area contributed by atoms with E-state index in [1.165, 1.54) is 0 Å². The zero-order chi connectivity index (χ0) is 26.5. The van der Waals surface area contributed by atoms with E-state index in [-0.39, 0.29) is 0 Å². The van der Waals surface area contributed by atoms with Crippen molar-refractivity contribution in [2.45, 2.75) is 31.5 Å². The largest absolute Gasteiger partial charge is 0.481 e. The third kappa shape index (κ3) is 5.99. The van der Waals surface area contributed by atoms with Crippen LogP contribution in [-0.4, -0.2) is 63.8 Å². The molecule has 1 aliphatic rings. The molecule has 0 spiro atoms. The Bertz CT molecular complexity index is 1460. The second-order valence-corrected chi connectivity index (χ2v) is 9.63. The first-order valence-corrected chi connectivity index (χ1v) is 12.9. The Morgan fingerprint density at radius 1 is 1.11 bits per heavy atom. The molecule has 0 aliphatic carbocycles. The van der Waals surface area contributed by atoms with Crippen LogP contribution in [0.2, 0.25) is 0 Å². The minimum atomic E-state index is -1.02. The van der Waals surface area contributed by atoms with Gasteiger partial charge in [0.25, 0.3) is 0 Å². The Morgan fingerprint density at radius 2 is 1.92 bits per heavy atom. The van der Waals surface area contributed by atoms with Gasteiger partial charge in [-0.05, 0) is 55.8 Å². The van der Waals surface area contributed by atoms with Crippen molar-refractivity contribution in [1.29, 1.82) is 0 Å². The lowest BCUT2D eigenvalue weighted by molar-refractivity contribution is -0.131. The fourth-order valence-corrected chi connectivity index (χ4v) is 5.05. The highest BCUT2D eigenvalue weighted by atomic mass is 16.5. The molecule has 0 radical (unpaired) electrons. The van der Waals surface area contributed by atoms with Gasteiger partial charge in [0.2, 0.25) is 5.88 Å². The van der Waals surface area contributed by atoms with Crippen LogP contribution in [0, 0.1) is 0 Å². The number of aliphatic hydroxyl groups is 1. The van der Waals surface area contributed by atoms with Crippen LogP contribution in [0.15, 0.2) is 66.7 Å². The Kier molecular flexibility index (Phi) is 7.93. The number of nitrogens with zero attached hydrogens (tertiary/aromatic N) is 3. The maximum absolute atomic E-state index is 11.2. The smallest absolute Gasteiger partial charge is 0.328 e. The van der Waals surface area contributed by atoms with Gasteiger partial charge >= 0.3 is 5.97 Å². The quantitative estimate of drug-likeness (QED) is 0.287. The minimum Gasteiger partial charge on any atom is -0.481 e. The molecule has 8 heteroatoms. The predicted molar refractivity (Wildman–Crippen MR) is 148 cm³/mol. The lowest BCUT2D eigenvalue weighted by atomic mass is 9.98. The molecule has 38 heavy (non-hydrogen) atoms. The zero-order valence-electron chi connectivity index (χ0n) is 21.4. The van der Waals surface area contributed by atoms with Gasteiger partial charge in [0, 0.05) is 47.6 Å². The first kappa shape index (κ1) is 25.8. The van der Waals surface area contributed by atoms with Gasteiger partial charge in [-0.25, -0.2) is 9.78 Å². The van der Waals surface area contributed by atoms with Crippen LogP contribution in [-0.2, 0) is 11.3 Å². The normalized spacial score (nSPS) is 15.8. The van der Waals surface area contributed by atoms with E-state index in [0.29, 0.717) is 29.5 Å². The van der Waals surface area contributed by atoms with Crippen LogP contribution in [0.3, 0.4) is 0 Å². The van der Waals surface area contributed by atoms with Gasteiger partial charge in [0.05, 0.1) is 29.9 Å². The molecule has 1 aliphatic heterocycles. The van der Waals surface area contributed by atoms with Crippen LogP contribution in [0.25, 0.3) is 27.9 Å². The van der Waals surface area contributed by atoms with Crippen LogP contribution in [0.5, 0.6) is 5.88 Å². The van der Waals surface area contributed by atoms with Crippen LogP contribution >= 0.6 is 0 Å². The number of benzene rings is 2. The number of aromatic nitrogens is 2. The number of β-amino-alcohol motifs (C(OH)–C–C–N with tert-alkyl or cyclic N) is 1. The number of carbonyl (C=O) groups is 1. The summed E-state index contributed by atoms with van der Waals surface area (Å²) in [5.74, 6) is -0.576. The number of likely N-dealkylation sites (tertiary alicyclic amines) is 1. The fourth-order valence-electron chi connectivity index (χ4n) is 5.05. The number of para-hydroxylation sites is 1. The molecule has 1 saturated heterocycles. The van der Waals surface area contributed by atoms with Crippen molar-refractivity contribution in [2.24, 2.45) is 0 Å². The van der Waals surface area contributed by atoms with Crippen molar-refractivity contribution in [3.63, 3.8) is 0 Å². The second kappa shape index (κ2) is 11.7. The van der Waals surface area contributed by atoms with E-state index in [0.717, 1.165) is 66.1 Å². The summed E-state index contributed by atoms with van der Waals surface area (Å²) in [5.41, 5.74) is 4.10. The highest BCUT2D eigenvalue weighted by molar-refractivity contribution is 5.94. The number of carboxylic acid groups (broad SMARTS) is 1. The molecule has 4 aromatic rings. The predicted octanol–water partition coefficient (Wildman–Crippen LogP) is 4.18. The number of hydrogen-bond donors (Lipinski definition) is 3. The van der Waals surface area contributed by atoms with Crippen molar-refractivity contribution in [3.05, 3.63) is 83.6 Å². The van der Waals surface area contributed by atoms with Gasteiger partial charge in [-0.3, -0.25) is 4.98 Å². The number of hydrogen-bond acceptors (Lipinski definition) is 7. The number of methoxy groups -OCH3 is 1. The molecule has 2 aromatic carbocycles. The topological polar surface area (TPSA) is 108 Å². The second-order valence-electron chi connectivity index (χ2n) is 9.63. The number of nitrogens with one attached hydrogen (secondary N) is 1. The maximum Gasteiger partial charge on any atom is 0.328 e. The summed E-state index contributed by atoms with van der Waals surface area (Å²) < 4.78 is 5.31. The summed E-state index contributed by atoms with van der Waals surface area (Å²) in [6.07, 6.45) is 3.89. The van der Waals surface area contributed by atoms with E-state index >= 15 is 0 Å². The van der Waals surface area contributed by atoms with Crippen molar-refractivity contribution in [2.75, 3.05) is 26.7 Å². The Labute approximate surface area is 221 Å².